The molecule has 0 aromatic carbocycles. The van der Waals surface area contributed by atoms with Crippen LogP contribution in [0.2, 0.25) is 0 Å². The zero-order valence-electron chi connectivity index (χ0n) is 6.89. The average Bonchev–Trinajstić information content (AvgIpc) is 1.59. The Morgan fingerprint density at radius 1 is 1.22 bits per heavy atom. The van der Waals surface area contributed by atoms with Crippen molar-refractivity contribution in [1.29, 1.82) is 0 Å². The molecule has 1 saturated heterocycles. The predicted octanol–water partition coefficient (Wildman–Crippen LogP) is 0.702. The topological polar surface area (TPSA) is 3.24 Å². The van der Waals surface area contributed by atoms with E-state index in [1.807, 2.05) is 0 Å². The molecule has 0 N–H and O–H groups in total. The van der Waals surface area contributed by atoms with Gasteiger partial charge in [-0.1, -0.05) is 0 Å². The highest BCUT2D eigenvalue weighted by Gasteiger charge is 2.34. The van der Waals surface area contributed by atoms with Crippen LogP contribution < -0.4 is 0 Å². The Morgan fingerprint density at radius 3 is 1.78 bits per heavy atom. The molecule has 1 heterocycles. The molecule has 0 amide bonds. The van der Waals surface area contributed by atoms with Crippen molar-refractivity contribution in [1.82, 2.24) is 4.90 Å². The van der Waals surface area contributed by atoms with Crippen molar-refractivity contribution in [2.24, 2.45) is 0 Å². The van der Waals surface area contributed by atoms with Gasteiger partial charge in [0.2, 0.25) is 0 Å². The van der Waals surface area contributed by atoms with E-state index in [1.165, 1.54) is 13.3 Å². The first-order chi connectivity index (χ1) is 4.01. The van der Waals surface area contributed by atoms with Crippen LogP contribution in [0.4, 0.5) is 0 Å². The van der Waals surface area contributed by atoms with Gasteiger partial charge in [-0.15, -0.1) is 0 Å². The first-order valence-electron chi connectivity index (χ1n) is 3.57. The molecule has 0 spiro atoms. The van der Waals surface area contributed by atoms with Crippen LogP contribution in [0.25, 0.3) is 0 Å². The van der Waals surface area contributed by atoms with E-state index in [2.05, 4.69) is 32.8 Å². The Morgan fingerprint density at radius 2 is 1.67 bits per heavy atom. The lowest BCUT2D eigenvalue weighted by molar-refractivity contribution is -0.963. The van der Waals surface area contributed by atoms with Crippen LogP contribution in [0.1, 0.15) is 13.8 Å². The van der Waals surface area contributed by atoms with Crippen LogP contribution in [-0.4, -0.2) is 42.9 Å². The monoisotopic (exact) mass is 129 g/mol. The Kier molecular flexibility index (Phi) is 1.53. The van der Waals surface area contributed by atoms with E-state index in [0.29, 0.717) is 0 Å². The summed E-state index contributed by atoms with van der Waals surface area (Å²) in [5.41, 5.74) is 0. The van der Waals surface area contributed by atoms with Crippen molar-refractivity contribution in [3.05, 3.63) is 0 Å². The summed E-state index contributed by atoms with van der Waals surface area (Å²) in [6, 6.07) is 0.733. The highest BCUT2D eigenvalue weighted by molar-refractivity contribution is 4.59. The van der Waals surface area contributed by atoms with Gasteiger partial charge >= 0.3 is 0 Å². The molecule has 0 atom stereocenters. The second kappa shape index (κ2) is 1.96. The molecule has 0 bridgehead atoms. The van der Waals surface area contributed by atoms with Gasteiger partial charge in [0, 0.05) is 6.04 Å². The molecule has 9 heavy (non-hydrogen) atoms. The van der Waals surface area contributed by atoms with Crippen LogP contribution in [0.5, 0.6) is 0 Å². The first kappa shape index (κ1) is 7.03. The number of quaternary nitrogens is 1. The van der Waals surface area contributed by atoms with Gasteiger partial charge in [-0.3, -0.25) is 0 Å². The molecule has 0 aromatic rings. The van der Waals surface area contributed by atoms with Crippen molar-refractivity contribution in [2.75, 3.05) is 27.4 Å². The standard InChI is InChI=1S/C7H17N2/c1-7(2)8-5-9(3,4)6-8/h7H,5-6H2,1-4H3/q+1. The lowest BCUT2D eigenvalue weighted by atomic mass is 10.3. The summed E-state index contributed by atoms with van der Waals surface area (Å²) in [5, 5.41) is 0. The number of hydrogen-bond donors (Lipinski definition) is 0. The average molecular weight is 129 g/mol. The highest BCUT2D eigenvalue weighted by atomic mass is 15.6. The van der Waals surface area contributed by atoms with E-state index in [9.17, 15) is 0 Å². The van der Waals surface area contributed by atoms with Crippen LogP contribution in [-0.2, 0) is 0 Å². The maximum Gasteiger partial charge on any atom is 0.140 e. The molecule has 2 nitrogen and oxygen atoms in total. The van der Waals surface area contributed by atoms with Crippen LogP contribution in [0.3, 0.4) is 0 Å². The first-order valence-corrected chi connectivity index (χ1v) is 3.57. The lowest BCUT2D eigenvalue weighted by Gasteiger charge is -2.48. The molecule has 0 saturated carbocycles. The van der Waals surface area contributed by atoms with Gasteiger partial charge in [0.05, 0.1) is 14.1 Å². The van der Waals surface area contributed by atoms with Gasteiger partial charge in [0.15, 0.2) is 0 Å². The summed E-state index contributed by atoms with van der Waals surface area (Å²) < 4.78 is 1.16. The zero-order chi connectivity index (χ0) is 7.07. The normalized spacial score (nSPS) is 26.3. The van der Waals surface area contributed by atoms with Crippen LogP contribution in [0, 0.1) is 0 Å². The maximum atomic E-state index is 2.47. The molecular weight excluding hydrogens is 112 g/mol. The fourth-order valence-corrected chi connectivity index (χ4v) is 1.27. The van der Waals surface area contributed by atoms with E-state index >= 15 is 0 Å². The Hall–Kier alpha value is -0.0800. The summed E-state index contributed by atoms with van der Waals surface area (Å²) in [7, 11) is 4.53. The van der Waals surface area contributed by atoms with Gasteiger partial charge < -0.3 is 4.48 Å². The minimum Gasteiger partial charge on any atom is -0.303 e. The van der Waals surface area contributed by atoms with Crippen LogP contribution in [0.15, 0.2) is 0 Å². The molecular formula is C7H17N2+. The minimum absolute atomic E-state index is 0.733. The third kappa shape index (κ3) is 1.43. The van der Waals surface area contributed by atoms with E-state index in [0.717, 1.165) is 10.5 Å². The molecule has 2 heteroatoms. The maximum absolute atomic E-state index is 2.47. The SMILES string of the molecule is CC(C)N1C[N+](C)(C)C1. The minimum atomic E-state index is 0.733. The summed E-state index contributed by atoms with van der Waals surface area (Å²) >= 11 is 0. The van der Waals surface area contributed by atoms with Gasteiger partial charge in [0.1, 0.15) is 13.3 Å². The molecule has 0 unspecified atom stereocenters. The Labute approximate surface area is 57.7 Å². The van der Waals surface area contributed by atoms with Gasteiger partial charge in [0.25, 0.3) is 0 Å². The molecule has 0 aliphatic carbocycles. The second-order valence-electron chi connectivity index (χ2n) is 3.90. The third-order valence-corrected chi connectivity index (χ3v) is 1.86. The number of rotatable bonds is 1. The predicted molar refractivity (Wildman–Crippen MR) is 38.8 cm³/mol. The largest absolute Gasteiger partial charge is 0.303 e. The molecule has 0 radical (unpaired) electrons. The fraction of sp³-hybridized carbons (Fsp3) is 1.00. The molecule has 0 aromatic heterocycles. The lowest BCUT2D eigenvalue weighted by Crippen LogP contribution is -2.66. The van der Waals surface area contributed by atoms with Gasteiger partial charge in [-0.25, -0.2) is 4.90 Å². The zero-order valence-corrected chi connectivity index (χ0v) is 6.89. The van der Waals surface area contributed by atoms with Gasteiger partial charge in [-0.05, 0) is 13.8 Å². The number of hydrogen-bond acceptors (Lipinski definition) is 1. The molecule has 1 fully saturated rings. The summed E-state index contributed by atoms with van der Waals surface area (Å²) in [4.78, 5) is 2.47. The molecule has 1 aliphatic rings. The van der Waals surface area contributed by atoms with Crippen molar-refractivity contribution in [2.45, 2.75) is 19.9 Å². The summed E-state index contributed by atoms with van der Waals surface area (Å²) in [6.45, 7) is 6.94. The Bertz CT molecular complexity index is 99.5. The quantitative estimate of drug-likeness (QED) is 0.471. The van der Waals surface area contributed by atoms with Crippen LogP contribution >= 0.6 is 0 Å². The van der Waals surface area contributed by atoms with Crippen molar-refractivity contribution < 1.29 is 4.48 Å². The third-order valence-electron chi connectivity index (χ3n) is 1.86. The van der Waals surface area contributed by atoms with Crippen molar-refractivity contribution in [3.8, 4) is 0 Å². The summed E-state index contributed by atoms with van der Waals surface area (Å²) in [5.74, 6) is 0. The number of nitrogens with zero attached hydrogens (tertiary/aromatic N) is 2. The van der Waals surface area contributed by atoms with E-state index in [4.69, 9.17) is 0 Å². The van der Waals surface area contributed by atoms with E-state index in [1.54, 1.807) is 0 Å². The molecule has 54 valence electrons. The fourth-order valence-electron chi connectivity index (χ4n) is 1.27. The van der Waals surface area contributed by atoms with E-state index < -0.39 is 0 Å². The molecule has 1 rings (SSSR count). The Balaban J connectivity index is 2.27. The van der Waals surface area contributed by atoms with E-state index in [-0.39, 0.29) is 0 Å². The molecule has 1 aliphatic heterocycles. The smallest absolute Gasteiger partial charge is 0.140 e. The van der Waals surface area contributed by atoms with Crippen molar-refractivity contribution in [3.63, 3.8) is 0 Å². The second-order valence-corrected chi connectivity index (χ2v) is 3.90. The summed E-state index contributed by atoms with van der Waals surface area (Å²) in [6.07, 6.45) is 0. The highest BCUT2D eigenvalue weighted by Crippen LogP contribution is 2.16. The van der Waals surface area contributed by atoms with Crippen molar-refractivity contribution >= 4 is 0 Å². The van der Waals surface area contributed by atoms with Gasteiger partial charge in [-0.2, -0.15) is 0 Å².